The van der Waals surface area contributed by atoms with Gasteiger partial charge in [-0.1, -0.05) is 18.2 Å². The second-order valence-corrected chi connectivity index (χ2v) is 5.55. The normalized spacial score (nSPS) is 13.2. The maximum absolute atomic E-state index is 13.8. The van der Waals surface area contributed by atoms with Crippen molar-refractivity contribution in [3.63, 3.8) is 0 Å². The van der Waals surface area contributed by atoms with Gasteiger partial charge in [-0.25, -0.2) is 8.78 Å². The highest BCUT2D eigenvalue weighted by Gasteiger charge is 2.45. The van der Waals surface area contributed by atoms with Crippen LogP contribution in [0.15, 0.2) is 40.9 Å². The van der Waals surface area contributed by atoms with Gasteiger partial charge in [-0.15, -0.1) is 0 Å². The first-order chi connectivity index (χ1) is 11.1. The van der Waals surface area contributed by atoms with Crippen molar-refractivity contribution in [1.82, 2.24) is 0 Å². The Hall–Kier alpha value is -1.74. The van der Waals surface area contributed by atoms with E-state index in [1.165, 1.54) is 0 Å². The van der Waals surface area contributed by atoms with Crippen LogP contribution in [-0.4, -0.2) is 17.6 Å². The van der Waals surface area contributed by atoms with E-state index in [1.54, 1.807) is 0 Å². The van der Waals surface area contributed by atoms with Gasteiger partial charge in [0.1, 0.15) is 11.9 Å². The summed E-state index contributed by atoms with van der Waals surface area (Å²) in [4.78, 5) is 0. The van der Waals surface area contributed by atoms with E-state index in [1.807, 2.05) is 0 Å². The smallest absolute Gasteiger partial charge is 0.425 e. The molecule has 9 heteroatoms. The molecule has 2 nitrogen and oxygen atoms in total. The molecule has 2 aromatic rings. The first-order valence-electron chi connectivity index (χ1n) is 6.40. The average Bonchev–Trinajstić information content (AvgIpc) is 2.51. The Labute approximate surface area is 140 Å². The summed E-state index contributed by atoms with van der Waals surface area (Å²) in [6.45, 7) is 0. The second kappa shape index (κ2) is 7.02. The maximum Gasteiger partial charge on any atom is 0.461 e. The molecular formula is C15H9BrF6O2. The van der Waals surface area contributed by atoms with Crippen molar-refractivity contribution in [2.75, 3.05) is 0 Å². The van der Waals surface area contributed by atoms with Gasteiger partial charge in [0.15, 0.2) is 11.6 Å². The van der Waals surface area contributed by atoms with Crippen LogP contribution >= 0.6 is 15.9 Å². The molecule has 0 heterocycles. The number of rotatable bonds is 5. The Bertz CT molecular complexity index is 738. The minimum atomic E-state index is -4.94. The van der Waals surface area contributed by atoms with Crippen molar-refractivity contribution in [3.8, 4) is 5.75 Å². The zero-order valence-corrected chi connectivity index (χ0v) is 13.2. The van der Waals surface area contributed by atoms with Gasteiger partial charge in [0.2, 0.25) is 0 Å². The number of aliphatic hydroxyl groups is 1. The fourth-order valence-corrected chi connectivity index (χ4v) is 2.29. The van der Waals surface area contributed by atoms with Crippen LogP contribution in [0.4, 0.5) is 26.3 Å². The lowest BCUT2D eigenvalue weighted by Crippen LogP contribution is -2.34. The standard InChI is InChI=1S/C15H9BrF6O2/c16-9-6-7(4-5-10(9)17)12(23)8-2-1-3-11(18)13(8)24-15(21,22)14(19)20/h1-6,12,14,23H/t12-/m0/s1. The van der Waals surface area contributed by atoms with Crippen molar-refractivity contribution in [2.45, 2.75) is 18.6 Å². The van der Waals surface area contributed by atoms with Crippen LogP contribution in [0.3, 0.4) is 0 Å². The number of hydrogen-bond donors (Lipinski definition) is 1. The molecule has 2 rings (SSSR count). The molecule has 0 fully saturated rings. The molecule has 0 saturated carbocycles. The maximum atomic E-state index is 13.8. The summed E-state index contributed by atoms with van der Waals surface area (Å²) in [5, 5.41) is 10.2. The van der Waals surface area contributed by atoms with Gasteiger partial charge in [0.05, 0.1) is 4.47 Å². The Kier molecular flexibility index (Phi) is 5.44. The third-order valence-corrected chi connectivity index (χ3v) is 3.65. The van der Waals surface area contributed by atoms with Gasteiger partial charge >= 0.3 is 12.5 Å². The topological polar surface area (TPSA) is 29.5 Å². The summed E-state index contributed by atoms with van der Waals surface area (Å²) >= 11 is 2.88. The first-order valence-corrected chi connectivity index (χ1v) is 7.19. The van der Waals surface area contributed by atoms with E-state index >= 15 is 0 Å². The van der Waals surface area contributed by atoms with Crippen LogP contribution in [0.2, 0.25) is 0 Å². The molecule has 0 aliphatic carbocycles. The van der Waals surface area contributed by atoms with Gasteiger partial charge < -0.3 is 9.84 Å². The van der Waals surface area contributed by atoms with Crippen LogP contribution in [0.25, 0.3) is 0 Å². The Morgan fingerprint density at radius 3 is 2.29 bits per heavy atom. The van der Waals surface area contributed by atoms with Crippen molar-refractivity contribution in [1.29, 1.82) is 0 Å². The molecule has 0 saturated heterocycles. The largest absolute Gasteiger partial charge is 0.461 e. The Balaban J connectivity index is 2.46. The number of alkyl halides is 4. The monoisotopic (exact) mass is 414 g/mol. The second-order valence-electron chi connectivity index (χ2n) is 4.70. The summed E-state index contributed by atoms with van der Waals surface area (Å²) in [6.07, 6.45) is -10.8. The van der Waals surface area contributed by atoms with Crippen LogP contribution in [-0.2, 0) is 0 Å². The fraction of sp³-hybridized carbons (Fsp3) is 0.200. The first kappa shape index (κ1) is 18.6. The lowest BCUT2D eigenvalue weighted by atomic mass is 10.0. The molecule has 0 amide bonds. The quantitative estimate of drug-likeness (QED) is 0.694. The van der Waals surface area contributed by atoms with E-state index in [2.05, 4.69) is 20.7 Å². The van der Waals surface area contributed by atoms with Gasteiger partial charge in [-0.3, -0.25) is 0 Å². The molecule has 0 aromatic heterocycles. The van der Waals surface area contributed by atoms with E-state index in [-0.39, 0.29) is 10.0 Å². The van der Waals surface area contributed by atoms with E-state index in [4.69, 9.17) is 0 Å². The molecule has 1 N–H and O–H groups in total. The SMILES string of the molecule is O[C@@H](c1ccc(F)c(Br)c1)c1cccc(F)c1OC(F)(F)C(F)F. The lowest BCUT2D eigenvalue weighted by molar-refractivity contribution is -0.254. The molecule has 0 aliphatic rings. The number of hydrogen-bond acceptors (Lipinski definition) is 2. The molecule has 0 spiro atoms. The zero-order valence-electron chi connectivity index (χ0n) is 11.6. The molecule has 0 unspecified atom stereocenters. The Morgan fingerprint density at radius 2 is 1.71 bits per heavy atom. The van der Waals surface area contributed by atoms with Crippen LogP contribution in [0.5, 0.6) is 5.75 Å². The summed E-state index contributed by atoms with van der Waals surface area (Å²) in [5.41, 5.74) is -0.493. The summed E-state index contributed by atoms with van der Waals surface area (Å²) in [6, 6.07) is 6.08. The minimum absolute atomic E-state index is 0.0130. The van der Waals surface area contributed by atoms with Crippen molar-refractivity contribution in [3.05, 3.63) is 63.6 Å². The molecule has 24 heavy (non-hydrogen) atoms. The number of benzene rings is 2. The average molecular weight is 415 g/mol. The highest BCUT2D eigenvalue weighted by atomic mass is 79.9. The van der Waals surface area contributed by atoms with E-state index in [9.17, 15) is 31.4 Å². The van der Waals surface area contributed by atoms with Gasteiger partial charge in [-0.2, -0.15) is 17.6 Å². The fourth-order valence-electron chi connectivity index (χ4n) is 1.89. The van der Waals surface area contributed by atoms with Gasteiger partial charge in [0.25, 0.3) is 0 Å². The molecule has 0 radical (unpaired) electrons. The van der Waals surface area contributed by atoms with Crippen molar-refractivity contribution < 1.29 is 36.2 Å². The summed E-state index contributed by atoms with van der Waals surface area (Å²) in [7, 11) is 0. The summed E-state index contributed by atoms with van der Waals surface area (Å²) in [5.74, 6) is -3.21. The molecular weight excluding hydrogens is 406 g/mol. The van der Waals surface area contributed by atoms with Crippen LogP contribution < -0.4 is 4.74 Å². The number of para-hydroxylation sites is 1. The van der Waals surface area contributed by atoms with Gasteiger partial charge in [-0.05, 0) is 39.7 Å². The van der Waals surface area contributed by atoms with Crippen molar-refractivity contribution in [2.24, 2.45) is 0 Å². The molecule has 2 aromatic carbocycles. The van der Waals surface area contributed by atoms with Crippen LogP contribution in [0, 0.1) is 11.6 Å². The molecule has 130 valence electrons. The predicted molar refractivity (Wildman–Crippen MR) is 76.1 cm³/mol. The molecule has 0 bridgehead atoms. The third kappa shape index (κ3) is 3.84. The Morgan fingerprint density at radius 1 is 1.04 bits per heavy atom. The van der Waals surface area contributed by atoms with Gasteiger partial charge in [0, 0.05) is 5.56 Å². The highest BCUT2D eigenvalue weighted by Crippen LogP contribution is 2.37. The molecule has 1 atom stereocenters. The molecule has 0 aliphatic heterocycles. The minimum Gasteiger partial charge on any atom is -0.425 e. The van der Waals surface area contributed by atoms with E-state index in [0.717, 1.165) is 30.3 Å². The van der Waals surface area contributed by atoms with Crippen LogP contribution in [0.1, 0.15) is 17.2 Å². The lowest BCUT2D eigenvalue weighted by Gasteiger charge is -2.21. The number of aliphatic hydroxyl groups excluding tert-OH is 1. The highest BCUT2D eigenvalue weighted by molar-refractivity contribution is 9.10. The predicted octanol–water partition coefficient (Wildman–Crippen LogP) is 5.05. The van der Waals surface area contributed by atoms with Crippen molar-refractivity contribution >= 4 is 15.9 Å². The number of halogens is 7. The third-order valence-electron chi connectivity index (χ3n) is 3.04. The summed E-state index contributed by atoms with van der Waals surface area (Å²) < 4.78 is 81.5. The zero-order chi connectivity index (χ0) is 18.1. The number of ether oxygens (including phenoxy) is 1. The van der Waals surface area contributed by atoms with E-state index in [0.29, 0.717) is 6.07 Å². The van der Waals surface area contributed by atoms with E-state index < -0.39 is 41.6 Å².